The van der Waals surface area contributed by atoms with Crippen LogP contribution in [0, 0.1) is 13.8 Å². The van der Waals surface area contributed by atoms with Gasteiger partial charge in [0.05, 0.1) is 6.61 Å². The summed E-state index contributed by atoms with van der Waals surface area (Å²) in [7, 11) is 2.20. The number of ether oxygens (including phenoxy) is 1. The Labute approximate surface area is 147 Å². The van der Waals surface area contributed by atoms with E-state index in [1.807, 2.05) is 6.08 Å². The lowest BCUT2D eigenvalue weighted by molar-refractivity contribution is 0.145. The van der Waals surface area contributed by atoms with Crippen molar-refractivity contribution in [3.05, 3.63) is 41.5 Å². The molecule has 1 aromatic carbocycles. The third-order valence-corrected chi connectivity index (χ3v) is 4.32. The van der Waals surface area contributed by atoms with Crippen LogP contribution in [0.25, 0.3) is 0 Å². The first-order valence-corrected chi connectivity index (χ1v) is 8.35. The third kappa shape index (κ3) is 6.17. The maximum Gasteiger partial charge on any atom is 0.125 e. The molecule has 23 heavy (non-hydrogen) atoms. The summed E-state index contributed by atoms with van der Waals surface area (Å²) in [4.78, 5) is 4.93. The lowest BCUT2D eigenvalue weighted by atomic mass is 10.0. The van der Waals surface area contributed by atoms with E-state index in [-0.39, 0.29) is 12.4 Å². The fourth-order valence-corrected chi connectivity index (χ4v) is 3.09. The Kier molecular flexibility index (Phi) is 8.67. The molecule has 0 aliphatic carbocycles. The van der Waals surface area contributed by atoms with Crippen LogP contribution in [-0.2, 0) is 6.42 Å². The molecule has 1 saturated heterocycles. The summed E-state index contributed by atoms with van der Waals surface area (Å²) in [5, 5.41) is 0. The van der Waals surface area contributed by atoms with E-state index in [1.165, 1.54) is 42.9 Å². The van der Waals surface area contributed by atoms with Crippen LogP contribution in [-0.4, -0.2) is 56.2 Å². The van der Waals surface area contributed by atoms with Crippen LogP contribution in [0.15, 0.2) is 24.8 Å². The number of aryl methyl sites for hydroxylation is 2. The molecule has 4 heteroatoms. The number of halogens is 1. The molecule has 1 aliphatic rings. The second-order valence-corrected chi connectivity index (χ2v) is 6.41. The van der Waals surface area contributed by atoms with Crippen molar-refractivity contribution in [2.45, 2.75) is 26.7 Å². The summed E-state index contributed by atoms with van der Waals surface area (Å²) in [6.07, 6.45) is 3.91. The summed E-state index contributed by atoms with van der Waals surface area (Å²) in [6, 6.07) is 4.41. The van der Waals surface area contributed by atoms with Crippen LogP contribution in [0.4, 0.5) is 0 Å². The van der Waals surface area contributed by atoms with E-state index in [1.54, 1.807) is 0 Å². The van der Waals surface area contributed by atoms with Crippen LogP contribution < -0.4 is 4.74 Å². The van der Waals surface area contributed by atoms with E-state index in [4.69, 9.17) is 4.74 Å². The molecule has 130 valence electrons. The van der Waals surface area contributed by atoms with Gasteiger partial charge in [-0.2, -0.15) is 0 Å². The van der Waals surface area contributed by atoms with Crippen molar-refractivity contribution in [2.75, 3.05) is 46.4 Å². The van der Waals surface area contributed by atoms with Gasteiger partial charge in [-0.3, -0.25) is 0 Å². The Morgan fingerprint density at radius 3 is 2.52 bits per heavy atom. The predicted octanol–water partition coefficient (Wildman–Crippen LogP) is 3.47. The van der Waals surface area contributed by atoms with E-state index in [9.17, 15) is 0 Å². The van der Waals surface area contributed by atoms with Gasteiger partial charge in [-0.1, -0.05) is 23.8 Å². The van der Waals surface area contributed by atoms with E-state index in [0.717, 1.165) is 31.7 Å². The average Bonchev–Trinajstić information content (AvgIpc) is 2.47. The van der Waals surface area contributed by atoms with Crippen LogP contribution >= 0.6 is 12.4 Å². The third-order valence-electron chi connectivity index (χ3n) is 4.32. The van der Waals surface area contributed by atoms with Crippen molar-refractivity contribution in [2.24, 2.45) is 0 Å². The van der Waals surface area contributed by atoms with Crippen molar-refractivity contribution in [1.29, 1.82) is 0 Å². The van der Waals surface area contributed by atoms with Gasteiger partial charge in [-0.15, -0.1) is 19.0 Å². The van der Waals surface area contributed by atoms with Gasteiger partial charge in [0.15, 0.2) is 0 Å². The fourth-order valence-electron chi connectivity index (χ4n) is 3.09. The molecule has 1 fully saturated rings. The molecule has 2 rings (SSSR count). The van der Waals surface area contributed by atoms with E-state index < -0.39 is 0 Å². The highest BCUT2D eigenvalue weighted by molar-refractivity contribution is 5.85. The average molecular weight is 339 g/mol. The molecule has 1 aromatic rings. The maximum atomic E-state index is 6.10. The van der Waals surface area contributed by atoms with Crippen molar-refractivity contribution >= 4 is 12.4 Å². The van der Waals surface area contributed by atoms with Gasteiger partial charge in [0.1, 0.15) is 5.75 Å². The van der Waals surface area contributed by atoms with E-state index in [0.29, 0.717) is 0 Å². The predicted molar refractivity (Wildman–Crippen MR) is 101 cm³/mol. The van der Waals surface area contributed by atoms with Crippen LogP contribution in [0.3, 0.4) is 0 Å². The van der Waals surface area contributed by atoms with Gasteiger partial charge in [0, 0.05) is 32.7 Å². The Hall–Kier alpha value is -1.03. The topological polar surface area (TPSA) is 15.7 Å². The Balaban J connectivity index is 0.00000264. The molecule has 0 saturated carbocycles. The van der Waals surface area contributed by atoms with Crippen LogP contribution in [0.2, 0.25) is 0 Å². The van der Waals surface area contributed by atoms with Crippen molar-refractivity contribution in [3.63, 3.8) is 0 Å². The molecule has 0 bridgehead atoms. The molecule has 1 heterocycles. The SMILES string of the molecule is C=CCc1cc(C)cc(C)c1OCCCN1CCN(C)CC1.Cl. The highest BCUT2D eigenvalue weighted by Crippen LogP contribution is 2.26. The zero-order valence-corrected chi connectivity index (χ0v) is 15.6. The van der Waals surface area contributed by atoms with Gasteiger partial charge in [-0.05, 0) is 44.9 Å². The summed E-state index contributed by atoms with van der Waals surface area (Å²) in [5.41, 5.74) is 3.78. The minimum Gasteiger partial charge on any atom is -0.493 e. The van der Waals surface area contributed by atoms with Crippen molar-refractivity contribution in [1.82, 2.24) is 9.80 Å². The first-order valence-electron chi connectivity index (χ1n) is 8.35. The molecule has 0 unspecified atom stereocenters. The Bertz CT molecular complexity index is 496. The summed E-state index contributed by atoms with van der Waals surface area (Å²) in [6.45, 7) is 14.8. The number of allylic oxidation sites excluding steroid dienone is 1. The van der Waals surface area contributed by atoms with Crippen LogP contribution in [0.5, 0.6) is 5.75 Å². The first-order chi connectivity index (χ1) is 10.6. The first kappa shape index (κ1) is 20.0. The fraction of sp³-hybridized carbons (Fsp3) is 0.579. The molecule has 0 aromatic heterocycles. The molecule has 1 aliphatic heterocycles. The second kappa shape index (κ2) is 9.96. The second-order valence-electron chi connectivity index (χ2n) is 6.41. The number of nitrogens with zero attached hydrogens (tertiary/aromatic N) is 2. The number of hydrogen-bond acceptors (Lipinski definition) is 3. The van der Waals surface area contributed by atoms with Crippen molar-refractivity contribution < 1.29 is 4.74 Å². The molecule has 0 amide bonds. The Morgan fingerprint density at radius 1 is 1.17 bits per heavy atom. The number of hydrogen-bond donors (Lipinski definition) is 0. The monoisotopic (exact) mass is 338 g/mol. The summed E-state index contributed by atoms with van der Waals surface area (Å²) < 4.78 is 6.10. The number of rotatable bonds is 7. The lowest BCUT2D eigenvalue weighted by Gasteiger charge is -2.32. The highest BCUT2D eigenvalue weighted by atomic mass is 35.5. The minimum absolute atomic E-state index is 0. The van der Waals surface area contributed by atoms with Gasteiger partial charge >= 0.3 is 0 Å². The highest BCUT2D eigenvalue weighted by Gasteiger charge is 2.13. The standard InChI is InChI=1S/C19H30N2O.ClH/c1-5-7-18-15-16(2)14-17(3)19(18)22-13-6-8-21-11-9-20(4)10-12-21;/h5,14-15H,1,6-13H2,2-4H3;1H. The smallest absolute Gasteiger partial charge is 0.125 e. The zero-order valence-electron chi connectivity index (χ0n) is 14.8. The van der Waals surface area contributed by atoms with Gasteiger partial charge in [0.25, 0.3) is 0 Å². The zero-order chi connectivity index (χ0) is 15.9. The number of piperazine rings is 1. The molecule has 0 N–H and O–H groups in total. The normalized spacial score (nSPS) is 16.0. The van der Waals surface area contributed by atoms with Crippen LogP contribution in [0.1, 0.15) is 23.1 Å². The Morgan fingerprint density at radius 2 is 1.87 bits per heavy atom. The lowest BCUT2D eigenvalue weighted by Crippen LogP contribution is -2.44. The maximum absolute atomic E-state index is 6.10. The van der Waals surface area contributed by atoms with Gasteiger partial charge in [-0.25, -0.2) is 0 Å². The molecule has 0 radical (unpaired) electrons. The molecule has 0 spiro atoms. The summed E-state index contributed by atoms with van der Waals surface area (Å²) >= 11 is 0. The summed E-state index contributed by atoms with van der Waals surface area (Å²) in [5.74, 6) is 1.06. The quantitative estimate of drug-likeness (QED) is 0.559. The number of benzene rings is 1. The van der Waals surface area contributed by atoms with Gasteiger partial charge in [0.2, 0.25) is 0 Å². The molecule has 0 atom stereocenters. The molecule has 3 nitrogen and oxygen atoms in total. The largest absolute Gasteiger partial charge is 0.493 e. The molecular weight excluding hydrogens is 308 g/mol. The van der Waals surface area contributed by atoms with Gasteiger partial charge < -0.3 is 14.5 Å². The van der Waals surface area contributed by atoms with Crippen molar-refractivity contribution in [3.8, 4) is 5.75 Å². The molecular formula is C19H31ClN2O. The minimum atomic E-state index is 0. The van der Waals surface area contributed by atoms with E-state index in [2.05, 4.69) is 49.4 Å². The van der Waals surface area contributed by atoms with E-state index >= 15 is 0 Å². The number of likely N-dealkylation sites (N-methyl/N-ethyl adjacent to an activating group) is 1.